The Hall–Kier alpha value is -1.51. The van der Waals surface area contributed by atoms with E-state index in [2.05, 4.69) is 4.74 Å². The first-order valence-electron chi connectivity index (χ1n) is 5.96. The molecule has 0 N–H and O–H groups in total. The number of ether oxygens (including phenoxy) is 2. The molecule has 0 amide bonds. The molecule has 0 radical (unpaired) electrons. The Morgan fingerprint density at radius 1 is 0.909 bits per heavy atom. The molecule has 0 aliphatic carbocycles. The van der Waals surface area contributed by atoms with Crippen LogP contribution in [0.25, 0.3) is 0 Å². The molecule has 0 spiro atoms. The van der Waals surface area contributed by atoms with Gasteiger partial charge >= 0.3 is 18.0 Å². The summed E-state index contributed by atoms with van der Waals surface area (Å²) < 4.78 is 99.0. The average molecular weight is 334 g/mol. The van der Waals surface area contributed by atoms with E-state index in [9.17, 15) is 30.7 Å². The highest BCUT2D eigenvalue weighted by Crippen LogP contribution is 2.51. The normalized spacial score (nSPS) is 14.8. The zero-order chi connectivity index (χ0) is 17.2. The molecule has 0 heterocycles. The van der Waals surface area contributed by atoms with Crippen molar-refractivity contribution in [1.82, 2.24) is 0 Å². The summed E-state index contributed by atoms with van der Waals surface area (Å²) in [5.74, 6) is 0.000971. The van der Waals surface area contributed by atoms with E-state index < -0.39 is 30.5 Å². The Morgan fingerprint density at radius 2 is 1.41 bits per heavy atom. The topological polar surface area (TPSA) is 18.5 Å². The summed E-state index contributed by atoms with van der Waals surface area (Å²) >= 11 is 0. The van der Waals surface area contributed by atoms with Gasteiger partial charge in [-0.25, -0.2) is 4.39 Å². The maximum atomic E-state index is 13.8. The Morgan fingerprint density at radius 3 is 1.82 bits per heavy atom. The first-order chi connectivity index (χ1) is 9.98. The third-order valence-electron chi connectivity index (χ3n) is 3.14. The molecule has 0 aliphatic rings. The van der Waals surface area contributed by atoms with Gasteiger partial charge in [-0.2, -0.15) is 26.3 Å². The molecular weight excluding hydrogens is 321 g/mol. The zero-order valence-corrected chi connectivity index (χ0v) is 11.6. The molecule has 2 nitrogen and oxygen atoms in total. The van der Waals surface area contributed by atoms with Crippen molar-refractivity contribution in [2.45, 2.75) is 30.5 Å². The molecule has 1 aromatic carbocycles. The van der Waals surface area contributed by atoms with E-state index in [1.54, 1.807) is 0 Å². The molecule has 0 saturated carbocycles. The summed E-state index contributed by atoms with van der Waals surface area (Å²) in [5.41, 5.74) is -5.50. The predicted octanol–water partition coefficient (Wildman–Crippen LogP) is 4.61. The summed E-state index contributed by atoms with van der Waals surface area (Å²) in [5, 5.41) is 0. The fraction of sp³-hybridized carbons (Fsp3) is 0.538. The Kier molecular flexibility index (Phi) is 5.32. The fourth-order valence-electron chi connectivity index (χ4n) is 1.90. The quantitative estimate of drug-likeness (QED) is 0.733. The first kappa shape index (κ1) is 18.5. The molecule has 0 saturated heterocycles. The van der Waals surface area contributed by atoms with Gasteiger partial charge in [-0.1, -0.05) is 18.2 Å². The lowest BCUT2D eigenvalue weighted by molar-refractivity contribution is -0.348. The number of benzene rings is 1. The number of rotatable bonds is 5. The van der Waals surface area contributed by atoms with Gasteiger partial charge in [0.2, 0.25) is 0 Å². The predicted molar refractivity (Wildman–Crippen MR) is 63.3 cm³/mol. The minimum Gasteiger partial charge on any atom is -0.496 e. The van der Waals surface area contributed by atoms with Crippen LogP contribution in [0, 0.1) is 0 Å². The van der Waals surface area contributed by atoms with Gasteiger partial charge in [0, 0.05) is 19.1 Å². The average Bonchev–Trinajstić information content (AvgIpc) is 2.42. The number of hydrogen-bond donors (Lipinski definition) is 0. The van der Waals surface area contributed by atoms with Crippen molar-refractivity contribution < 1.29 is 40.2 Å². The smallest absolute Gasteiger partial charge is 0.431 e. The third kappa shape index (κ3) is 3.45. The van der Waals surface area contributed by atoms with Crippen molar-refractivity contribution in [3.8, 4) is 5.75 Å². The monoisotopic (exact) mass is 334 g/mol. The highest BCUT2D eigenvalue weighted by Gasteiger charge is 2.72. The summed E-state index contributed by atoms with van der Waals surface area (Å²) in [4.78, 5) is 0. The Balaban J connectivity index is 3.26. The number of hydrogen-bond acceptors (Lipinski definition) is 2. The standard InChI is InChI=1S/C13H13F7O2/c1-21-9-6-4-3-5-8(9)10(22-2)7-11(14,12(15,16)17)13(18,19)20/h3-6,10H,7H2,1-2H3. The van der Waals surface area contributed by atoms with Crippen LogP contribution in [-0.2, 0) is 4.74 Å². The lowest BCUT2D eigenvalue weighted by Gasteiger charge is -2.33. The number of methoxy groups -OCH3 is 2. The van der Waals surface area contributed by atoms with Crippen LogP contribution in [0.5, 0.6) is 5.75 Å². The maximum absolute atomic E-state index is 13.8. The second kappa shape index (κ2) is 6.31. The molecule has 1 atom stereocenters. The highest BCUT2D eigenvalue weighted by atomic mass is 19.4. The first-order valence-corrected chi connectivity index (χ1v) is 5.96. The van der Waals surface area contributed by atoms with Crippen LogP contribution in [0.2, 0.25) is 0 Å². The zero-order valence-electron chi connectivity index (χ0n) is 11.6. The van der Waals surface area contributed by atoms with Gasteiger partial charge < -0.3 is 9.47 Å². The summed E-state index contributed by atoms with van der Waals surface area (Å²) in [6.07, 6.45) is -16.0. The molecular formula is C13H13F7O2. The number of halogens is 7. The van der Waals surface area contributed by atoms with Crippen molar-refractivity contribution >= 4 is 0 Å². The molecule has 22 heavy (non-hydrogen) atoms. The second-order valence-electron chi connectivity index (χ2n) is 4.47. The Bertz CT molecular complexity index is 482. The van der Waals surface area contributed by atoms with Crippen molar-refractivity contribution in [2.75, 3.05) is 14.2 Å². The van der Waals surface area contributed by atoms with Crippen LogP contribution in [-0.4, -0.2) is 32.2 Å². The van der Waals surface area contributed by atoms with Crippen LogP contribution < -0.4 is 4.74 Å². The van der Waals surface area contributed by atoms with E-state index >= 15 is 0 Å². The molecule has 0 bridgehead atoms. The minimum absolute atomic E-state index is 0.000971. The Labute approximate surface area is 121 Å². The minimum atomic E-state index is -6.12. The number of alkyl halides is 7. The van der Waals surface area contributed by atoms with Gasteiger partial charge in [-0.05, 0) is 6.07 Å². The number of para-hydroxylation sites is 1. The van der Waals surface area contributed by atoms with E-state index in [1.165, 1.54) is 31.4 Å². The van der Waals surface area contributed by atoms with E-state index in [0.717, 1.165) is 7.11 Å². The SMILES string of the molecule is COc1ccccc1C(CC(F)(C(F)(F)F)C(F)(F)F)OC. The third-order valence-corrected chi connectivity index (χ3v) is 3.14. The molecule has 0 aliphatic heterocycles. The van der Waals surface area contributed by atoms with Crippen LogP contribution in [0.15, 0.2) is 24.3 Å². The van der Waals surface area contributed by atoms with Gasteiger partial charge in [0.25, 0.3) is 0 Å². The van der Waals surface area contributed by atoms with Gasteiger partial charge in [0.05, 0.1) is 13.2 Å². The van der Waals surface area contributed by atoms with Crippen LogP contribution >= 0.6 is 0 Å². The molecule has 1 unspecified atom stereocenters. The van der Waals surface area contributed by atoms with E-state index in [1.807, 2.05) is 0 Å². The van der Waals surface area contributed by atoms with E-state index in [-0.39, 0.29) is 11.3 Å². The van der Waals surface area contributed by atoms with Gasteiger partial charge in [-0.15, -0.1) is 0 Å². The molecule has 0 aromatic heterocycles. The second-order valence-corrected chi connectivity index (χ2v) is 4.47. The van der Waals surface area contributed by atoms with Crippen molar-refractivity contribution in [3.63, 3.8) is 0 Å². The van der Waals surface area contributed by atoms with Crippen molar-refractivity contribution in [3.05, 3.63) is 29.8 Å². The maximum Gasteiger partial charge on any atom is 0.431 e. The van der Waals surface area contributed by atoms with Gasteiger partial charge in [0.1, 0.15) is 5.75 Å². The summed E-state index contributed by atoms with van der Waals surface area (Å²) in [7, 11) is 2.08. The molecule has 9 heteroatoms. The van der Waals surface area contributed by atoms with Crippen LogP contribution in [0.1, 0.15) is 18.1 Å². The lowest BCUT2D eigenvalue weighted by Crippen LogP contribution is -2.54. The lowest BCUT2D eigenvalue weighted by atomic mass is 9.92. The molecule has 1 aromatic rings. The largest absolute Gasteiger partial charge is 0.496 e. The van der Waals surface area contributed by atoms with Crippen LogP contribution in [0.4, 0.5) is 30.7 Å². The van der Waals surface area contributed by atoms with E-state index in [4.69, 9.17) is 4.74 Å². The molecule has 126 valence electrons. The molecule has 0 fully saturated rings. The van der Waals surface area contributed by atoms with Gasteiger partial charge in [0.15, 0.2) is 0 Å². The van der Waals surface area contributed by atoms with Crippen LogP contribution in [0.3, 0.4) is 0 Å². The van der Waals surface area contributed by atoms with Gasteiger partial charge in [-0.3, -0.25) is 0 Å². The molecule has 1 rings (SSSR count). The van der Waals surface area contributed by atoms with Crippen molar-refractivity contribution in [2.24, 2.45) is 0 Å². The van der Waals surface area contributed by atoms with Crippen molar-refractivity contribution in [1.29, 1.82) is 0 Å². The highest BCUT2D eigenvalue weighted by molar-refractivity contribution is 5.35. The van der Waals surface area contributed by atoms with E-state index in [0.29, 0.717) is 0 Å². The fourth-order valence-corrected chi connectivity index (χ4v) is 1.90. The summed E-state index contributed by atoms with van der Waals surface area (Å²) in [6, 6.07) is 5.36. The summed E-state index contributed by atoms with van der Waals surface area (Å²) in [6.45, 7) is 0.